The third-order valence-electron chi connectivity index (χ3n) is 4.19. The highest BCUT2D eigenvalue weighted by Crippen LogP contribution is 2.38. The Balaban J connectivity index is 2.06. The fourth-order valence-corrected chi connectivity index (χ4v) is 2.67. The molecule has 1 fully saturated rings. The van der Waals surface area contributed by atoms with Crippen LogP contribution in [0.1, 0.15) is 26.2 Å². The Kier molecular flexibility index (Phi) is 3.97. The Morgan fingerprint density at radius 1 is 1.35 bits per heavy atom. The number of amides is 2. The summed E-state index contributed by atoms with van der Waals surface area (Å²) in [5.41, 5.74) is -0.0901. The van der Waals surface area contributed by atoms with Crippen LogP contribution in [0.2, 0.25) is 0 Å². The summed E-state index contributed by atoms with van der Waals surface area (Å²) in [7, 11) is 1.68. The molecule has 1 aromatic rings. The Bertz CT molecular complexity index is 503. The van der Waals surface area contributed by atoms with Crippen LogP contribution in [0.3, 0.4) is 0 Å². The highest BCUT2D eigenvalue weighted by molar-refractivity contribution is 5.92. The molecule has 2 unspecified atom stereocenters. The van der Waals surface area contributed by atoms with Gasteiger partial charge in [-0.05, 0) is 31.9 Å². The van der Waals surface area contributed by atoms with E-state index < -0.39 is 11.4 Å². The Morgan fingerprint density at radius 3 is 2.60 bits per heavy atom. The van der Waals surface area contributed by atoms with E-state index in [9.17, 15) is 14.7 Å². The molecule has 1 aliphatic carbocycles. The molecule has 1 aliphatic rings. The molecule has 0 saturated heterocycles. The van der Waals surface area contributed by atoms with Gasteiger partial charge in [-0.1, -0.05) is 24.6 Å². The lowest BCUT2D eigenvalue weighted by Crippen LogP contribution is -2.50. The van der Waals surface area contributed by atoms with E-state index >= 15 is 0 Å². The maximum Gasteiger partial charge on any atom is 0.321 e. The number of hydrogen-bond donors (Lipinski definition) is 2. The van der Waals surface area contributed by atoms with E-state index in [1.54, 1.807) is 14.0 Å². The highest BCUT2D eigenvalue weighted by Gasteiger charge is 2.46. The molecule has 2 atom stereocenters. The zero-order valence-electron chi connectivity index (χ0n) is 11.8. The molecule has 0 spiro atoms. The van der Waals surface area contributed by atoms with Gasteiger partial charge in [0, 0.05) is 18.8 Å². The Labute approximate surface area is 118 Å². The number of anilines is 1. The predicted octanol–water partition coefficient (Wildman–Crippen LogP) is 2.48. The largest absolute Gasteiger partial charge is 0.481 e. The second-order valence-electron chi connectivity index (χ2n) is 5.51. The fourth-order valence-electron chi connectivity index (χ4n) is 2.67. The summed E-state index contributed by atoms with van der Waals surface area (Å²) in [4.78, 5) is 25.1. The van der Waals surface area contributed by atoms with Crippen LogP contribution in [0, 0.1) is 5.41 Å². The summed E-state index contributed by atoms with van der Waals surface area (Å²) < 4.78 is 0. The number of carboxylic acids is 1. The lowest BCUT2D eigenvalue weighted by Gasteiger charge is -2.29. The molecule has 0 bridgehead atoms. The minimum atomic E-state index is -0.868. The predicted molar refractivity (Wildman–Crippen MR) is 76.8 cm³/mol. The van der Waals surface area contributed by atoms with Crippen molar-refractivity contribution in [1.82, 2.24) is 5.32 Å². The van der Waals surface area contributed by atoms with Gasteiger partial charge in [0.05, 0.1) is 5.41 Å². The van der Waals surface area contributed by atoms with Crippen LogP contribution in [0.15, 0.2) is 30.3 Å². The number of aliphatic carboxylic acids is 1. The number of carboxylic acid groups (broad SMARTS) is 1. The molecule has 0 aromatic heterocycles. The first-order valence-electron chi connectivity index (χ1n) is 6.78. The van der Waals surface area contributed by atoms with Crippen molar-refractivity contribution in [3.05, 3.63) is 30.3 Å². The Hall–Kier alpha value is -2.04. The molecule has 2 N–H and O–H groups in total. The van der Waals surface area contributed by atoms with Crippen molar-refractivity contribution in [2.24, 2.45) is 5.41 Å². The first kappa shape index (κ1) is 14.4. The summed E-state index contributed by atoms with van der Waals surface area (Å²) >= 11 is 0. The number of rotatable bonds is 3. The van der Waals surface area contributed by atoms with E-state index in [4.69, 9.17) is 0 Å². The van der Waals surface area contributed by atoms with Crippen molar-refractivity contribution in [3.8, 4) is 0 Å². The molecular weight excluding hydrogens is 256 g/mol. The molecule has 5 heteroatoms. The smallest absolute Gasteiger partial charge is 0.321 e. The normalized spacial score (nSPS) is 25.2. The number of para-hydroxylation sites is 1. The first-order chi connectivity index (χ1) is 9.45. The lowest BCUT2D eigenvalue weighted by molar-refractivity contribution is -0.148. The SMILES string of the molecule is CN(C(=O)NC1CCCC1(C)C(=O)O)c1ccccc1. The van der Waals surface area contributed by atoms with E-state index in [0.29, 0.717) is 12.8 Å². The molecule has 1 aromatic carbocycles. The van der Waals surface area contributed by atoms with E-state index in [0.717, 1.165) is 12.1 Å². The maximum atomic E-state index is 12.2. The number of benzene rings is 1. The molecule has 2 rings (SSSR count). The zero-order chi connectivity index (χ0) is 14.8. The lowest BCUT2D eigenvalue weighted by atomic mass is 9.85. The van der Waals surface area contributed by atoms with Crippen molar-refractivity contribution in [2.75, 3.05) is 11.9 Å². The molecule has 0 heterocycles. The van der Waals surface area contributed by atoms with Crippen LogP contribution in [0.25, 0.3) is 0 Å². The third kappa shape index (κ3) is 2.61. The number of nitrogens with zero attached hydrogens (tertiary/aromatic N) is 1. The van der Waals surface area contributed by atoms with Gasteiger partial charge in [0.1, 0.15) is 0 Å². The van der Waals surface area contributed by atoms with E-state index in [1.165, 1.54) is 4.90 Å². The van der Waals surface area contributed by atoms with Gasteiger partial charge in [-0.25, -0.2) is 4.79 Å². The number of hydrogen-bond acceptors (Lipinski definition) is 2. The van der Waals surface area contributed by atoms with Crippen LogP contribution in [-0.2, 0) is 4.79 Å². The minimum Gasteiger partial charge on any atom is -0.481 e. The zero-order valence-corrected chi connectivity index (χ0v) is 11.8. The van der Waals surface area contributed by atoms with E-state index in [2.05, 4.69) is 5.32 Å². The van der Waals surface area contributed by atoms with Crippen LogP contribution in [-0.4, -0.2) is 30.2 Å². The van der Waals surface area contributed by atoms with Crippen molar-refractivity contribution in [1.29, 1.82) is 0 Å². The summed E-state index contributed by atoms with van der Waals surface area (Å²) in [6, 6.07) is 8.68. The molecule has 20 heavy (non-hydrogen) atoms. The van der Waals surface area contributed by atoms with Gasteiger partial charge >= 0.3 is 12.0 Å². The molecule has 108 valence electrons. The summed E-state index contributed by atoms with van der Waals surface area (Å²) in [5, 5.41) is 12.2. The van der Waals surface area contributed by atoms with Gasteiger partial charge in [-0.2, -0.15) is 0 Å². The topological polar surface area (TPSA) is 69.6 Å². The van der Waals surface area contributed by atoms with Gasteiger partial charge in [0.25, 0.3) is 0 Å². The van der Waals surface area contributed by atoms with Crippen LogP contribution < -0.4 is 10.2 Å². The van der Waals surface area contributed by atoms with Gasteiger partial charge in [-0.15, -0.1) is 0 Å². The second kappa shape index (κ2) is 5.53. The van der Waals surface area contributed by atoms with Gasteiger partial charge < -0.3 is 10.4 Å². The average molecular weight is 276 g/mol. The minimum absolute atomic E-state index is 0.268. The molecule has 0 aliphatic heterocycles. The molecule has 1 saturated carbocycles. The molecule has 5 nitrogen and oxygen atoms in total. The maximum absolute atomic E-state index is 12.2. The third-order valence-corrected chi connectivity index (χ3v) is 4.19. The van der Waals surface area contributed by atoms with Crippen molar-refractivity contribution in [2.45, 2.75) is 32.2 Å². The number of carbonyl (C=O) groups is 2. The summed E-state index contributed by atoms with van der Waals surface area (Å²) in [6.45, 7) is 1.70. The van der Waals surface area contributed by atoms with Gasteiger partial charge in [0.2, 0.25) is 0 Å². The Morgan fingerprint density at radius 2 is 2.00 bits per heavy atom. The molecule has 0 radical (unpaired) electrons. The highest BCUT2D eigenvalue weighted by atomic mass is 16.4. The number of nitrogens with one attached hydrogen (secondary N) is 1. The van der Waals surface area contributed by atoms with Crippen LogP contribution in [0.5, 0.6) is 0 Å². The van der Waals surface area contributed by atoms with Crippen molar-refractivity contribution >= 4 is 17.7 Å². The van der Waals surface area contributed by atoms with E-state index in [1.807, 2.05) is 30.3 Å². The van der Waals surface area contributed by atoms with Crippen LogP contribution >= 0.6 is 0 Å². The summed E-state index contributed by atoms with van der Waals surface area (Å²) in [6.07, 6.45) is 2.13. The number of carbonyl (C=O) groups excluding carboxylic acids is 1. The first-order valence-corrected chi connectivity index (χ1v) is 6.78. The fraction of sp³-hybridized carbons (Fsp3) is 0.467. The quantitative estimate of drug-likeness (QED) is 0.891. The van der Waals surface area contributed by atoms with Crippen LogP contribution in [0.4, 0.5) is 10.5 Å². The van der Waals surface area contributed by atoms with Crippen molar-refractivity contribution < 1.29 is 14.7 Å². The molecular formula is C15H20N2O3. The molecule has 2 amide bonds. The summed E-state index contributed by atoms with van der Waals surface area (Å²) in [5.74, 6) is -0.845. The van der Waals surface area contributed by atoms with Gasteiger partial charge in [-0.3, -0.25) is 9.69 Å². The van der Waals surface area contributed by atoms with Gasteiger partial charge in [0.15, 0.2) is 0 Å². The monoisotopic (exact) mass is 276 g/mol. The number of urea groups is 1. The van der Waals surface area contributed by atoms with Crippen molar-refractivity contribution in [3.63, 3.8) is 0 Å². The second-order valence-corrected chi connectivity index (χ2v) is 5.51. The van der Waals surface area contributed by atoms with E-state index in [-0.39, 0.29) is 12.1 Å². The average Bonchev–Trinajstić information content (AvgIpc) is 2.81. The standard InChI is InChI=1S/C15H20N2O3/c1-15(13(18)19)10-6-9-12(15)16-14(20)17(2)11-7-4-3-5-8-11/h3-5,7-8,12H,6,9-10H2,1-2H3,(H,16,20)(H,18,19).